The van der Waals surface area contributed by atoms with Crippen LogP contribution in [-0.2, 0) is 4.74 Å². The van der Waals surface area contributed by atoms with Gasteiger partial charge in [-0.15, -0.1) is 0 Å². The van der Waals surface area contributed by atoms with Crippen molar-refractivity contribution in [2.24, 2.45) is 17.8 Å². The van der Waals surface area contributed by atoms with Crippen LogP contribution in [-0.4, -0.2) is 12.7 Å². The molecule has 2 saturated carbocycles. The Morgan fingerprint density at radius 2 is 1.50 bits per heavy atom. The molecule has 2 aliphatic rings. The monoisotopic (exact) mass is 278 g/mol. The number of hydrogen-bond acceptors (Lipinski definition) is 1. The lowest BCUT2D eigenvalue weighted by Crippen LogP contribution is -2.28. The topological polar surface area (TPSA) is 9.23 Å². The molecule has 0 unspecified atom stereocenters. The Hall–Kier alpha value is -0.300. The molecule has 0 heterocycles. The van der Waals surface area contributed by atoms with Gasteiger partial charge in [0.1, 0.15) is 0 Å². The van der Waals surface area contributed by atoms with Gasteiger partial charge in [0.2, 0.25) is 0 Å². The van der Waals surface area contributed by atoms with E-state index in [1.54, 1.807) is 0 Å². The molecule has 0 spiro atoms. The van der Waals surface area contributed by atoms with E-state index in [9.17, 15) is 0 Å². The van der Waals surface area contributed by atoms with Crippen LogP contribution in [0.5, 0.6) is 0 Å². The van der Waals surface area contributed by atoms with Crippen molar-refractivity contribution in [1.82, 2.24) is 0 Å². The standard InChI is InChI=1S/C19H34O/c1-3-5-6-7-16-8-10-17(11-9-16)18-12-14-19(15-13-18)20-4-2/h3,5,16-19H,4,6-15H2,1-2H3/b5-3+. The molecule has 0 bridgehead atoms. The predicted octanol–water partition coefficient (Wildman–Crippen LogP) is 5.74. The molecule has 2 aliphatic carbocycles. The molecule has 0 aromatic carbocycles. The fourth-order valence-corrected chi connectivity index (χ4v) is 4.41. The Kier molecular flexibility index (Phi) is 7.13. The minimum absolute atomic E-state index is 0.577. The highest BCUT2D eigenvalue weighted by Gasteiger charge is 2.30. The summed E-state index contributed by atoms with van der Waals surface area (Å²) in [5.41, 5.74) is 0. The molecule has 20 heavy (non-hydrogen) atoms. The largest absolute Gasteiger partial charge is 0.379 e. The third-order valence-electron chi connectivity index (χ3n) is 5.66. The summed E-state index contributed by atoms with van der Waals surface area (Å²) in [5, 5.41) is 0. The van der Waals surface area contributed by atoms with Crippen LogP contribution in [0.1, 0.15) is 78.1 Å². The van der Waals surface area contributed by atoms with Gasteiger partial charge in [0.15, 0.2) is 0 Å². The smallest absolute Gasteiger partial charge is 0.0575 e. The maximum absolute atomic E-state index is 5.78. The molecule has 0 aliphatic heterocycles. The van der Waals surface area contributed by atoms with E-state index in [-0.39, 0.29) is 0 Å². The van der Waals surface area contributed by atoms with Crippen LogP contribution in [0.15, 0.2) is 12.2 Å². The first-order valence-corrected chi connectivity index (χ1v) is 9.06. The van der Waals surface area contributed by atoms with E-state index in [0.29, 0.717) is 6.10 Å². The average Bonchev–Trinajstić information content (AvgIpc) is 2.49. The molecule has 0 saturated heterocycles. The third-order valence-corrected chi connectivity index (χ3v) is 5.66. The molecular weight excluding hydrogens is 244 g/mol. The second kappa shape index (κ2) is 8.87. The van der Waals surface area contributed by atoms with Crippen molar-refractivity contribution in [1.29, 1.82) is 0 Å². The van der Waals surface area contributed by atoms with Gasteiger partial charge in [-0.05, 0) is 83.0 Å². The second-order valence-corrected chi connectivity index (χ2v) is 6.92. The van der Waals surface area contributed by atoms with Gasteiger partial charge in [-0.25, -0.2) is 0 Å². The second-order valence-electron chi connectivity index (χ2n) is 6.92. The van der Waals surface area contributed by atoms with Gasteiger partial charge < -0.3 is 4.74 Å². The maximum atomic E-state index is 5.78. The van der Waals surface area contributed by atoms with Crippen molar-refractivity contribution in [2.75, 3.05) is 6.61 Å². The van der Waals surface area contributed by atoms with Crippen LogP contribution in [0.4, 0.5) is 0 Å². The highest BCUT2D eigenvalue weighted by molar-refractivity contribution is 4.84. The molecule has 0 N–H and O–H groups in total. The van der Waals surface area contributed by atoms with Gasteiger partial charge >= 0.3 is 0 Å². The molecular formula is C19H34O. The van der Waals surface area contributed by atoms with Gasteiger partial charge in [0.25, 0.3) is 0 Å². The first-order chi connectivity index (χ1) is 9.83. The molecule has 116 valence electrons. The van der Waals surface area contributed by atoms with Crippen molar-refractivity contribution >= 4 is 0 Å². The summed E-state index contributed by atoms with van der Waals surface area (Å²) in [5.74, 6) is 3.07. The fraction of sp³-hybridized carbons (Fsp3) is 0.895. The molecule has 2 rings (SSSR count). The van der Waals surface area contributed by atoms with Gasteiger partial charge in [-0.3, -0.25) is 0 Å². The fourth-order valence-electron chi connectivity index (χ4n) is 4.41. The average molecular weight is 278 g/mol. The van der Waals surface area contributed by atoms with Crippen molar-refractivity contribution in [3.63, 3.8) is 0 Å². The van der Waals surface area contributed by atoms with Gasteiger partial charge in [-0.2, -0.15) is 0 Å². The molecule has 0 amide bonds. The summed E-state index contributed by atoms with van der Waals surface area (Å²) < 4.78 is 5.78. The van der Waals surface area contributed by atoms with Crippen molar-refractivity contribution in [2.45, 2.75) is 84.2 Å². The molecule has 0 aromatic heterocycles. The SMILES string of the molecule is C/C=C/CCC1CCC(C2CCC(OCC)CC2)CC1. The van der Waals surface area contributed by atoms with Crippen LogP contribution in [0.25, 0.3) is 0 Å². The minimum atomic E-state index is 0.577. The zero-order chi connectivity index (χ0) is 14.2. The molecule has 1 heteroatoms. The lowest BCUT2D eigenvalue weighted by Gasteiger charge is -2.37. The van der Waals surface area contributed by atoms with E-state index < -0.39 is 0 Å². The zero-order valence-electron chi connectivity index (χ0n) is 13.7. The predicted molar refractivity (Wildman–Crippen MR) is 86.9 cm³/mol. The Morgan fingerprint density at radius 3 is 2.05 bits per heavy atom. The highest BCUT2D eigenvalue weighted by atomic mass is 16.5. The molecule has 0 radical (unpaired) electrons. The Labute approximate surface area is 126 Å². The van der Waals surface area contributed by atoms with E-state index in [1.165, 1.54) is 64.2 Å². The lowest BCUT2D eigenvalue weighted by atomic mass is 9.70. The number of hydrogen-bond donors (Lipinski definition) is 0. The first kappa shape index (κ1) is 16.1. The highest BCUT2D eigenvalue weighted by Crippen LogP contribution is 2.41. The minimum Gasteiger partial charge on any atom is -0.379 e. The number of rotatable bonds is 6. The number of ether oxygens (including phenoxy) is 1. The van der Waals surface area contributed by atoms with Crippen molar-refractivity contribution in [3.8, 4) is 0 Å². The zero-order valence-corrected chi connectivity index (χ0v) is 13.7. The van der Waals surface area contributed by atoms with Gasteiger partial charge in [0.05, 0.1) is 6.10 Å². The summed E-state index contributed by atoms with van der Waals surface area (Å²) in [4.78, 5) is 0. The van der Waals surface area contributed by atoms with E-state index in [0.717, 1.165) is 24.4 Å². The maximum Gasteiger partial charge on any atom is 0.0575 e. The van der Waals surface area contributed by atoms with Crippen LogP contribution < -0.4 is 0 Å². The summed E-state index contributed by atoms with van der Waals surface area (Å²) in [6, 6.07) is 0. The number of allylic oxidation sites excluding steroid dienone is 2. The molecule has 1 nitrogen and oxygen atoms in total. The van der Waals surface area contributed by atoms with E-state index in [4.69, 9.17) is 4.74 Å². The summed E-state index contributed by atoms with van der Waals surface area (Å²) in [6.07, 6.45) is 19.3. The van der Waals surface area contributed by atoms with Crippen molar-refractivity contribution < 1.29 is 4.74 Å². The Morgan fingerprint density at radius 1 is 0.900 bits per heavy atom. The van der Waals surface area contributed by atoms with Gasteiger partial charge in [-0.1, -0.05) is 25.0 Å². The Bertz CT molecular complexity index is 267. The summed E-state index contributed by atoms with van der Waals surface area (Å²) >= 11 is 0. The van der Waals surface area contributed by atoms with E-state index >= 15 is 0 Å². The molecule has 2 fully saturated rings. The van der Waals surface area contributed by atoms with Crippen LogP contribution in [0.3, 0.4) is 0 Å². The Balaban J connectivity index is 1.64. The summed E-state index contributed by atoms with van der Waals surface area (Å²) in [7, 11) is 0. The van der Waals surface area contributed by atoms with Crippen molar-refractivity contribution in [3.05, 3.63) is 12.2 Å². The van der Waals surface area contributed by atoms with Gasteiger partial charge in [0, 0.05) is 6.61 Å². The molecule has 0 aromatic rings. The van der Waals surface area contributed by atoms with Crippen LogP contribution in [0.2, 0.25) is 0 Å². The quantitative estimate of drug-likeness (QED) is 0.562. The third kappa shape index (κ3) is 4.91. The molecule has 0 atom stereocenters. The van der Waals surface area contributed by atoms with E-state index in [2.05, 4.69) is 26.0 Å². The summed E-state index contributed by atoms with van der Waals surface area (Å²) in [6.45, 7) is 5.16. The van der Waals surface area contributed by atoms with Crippen LogP contribution >= 0.6 is 0 Å². The lowest BCUT2D eigenvalue weighted by molar-refractivity contribution is 0.0135. The first-order valence-electron chi connectivity index (χ1n) is 9.06. The normalized spacial score (nSPS) is 35.5. The van der Waals surface area contributed by atoms with Crippen LogP contribution in [0, 0.1) is 17.8 Å². The van der Waals surface area contributed by atoms with E-state index in [1.807, 2.05) is 0 Å².